The molecule has 0 N–H and O–H groups in total. The molecule has 1 aliphatic rings. The van der Waals surface area contributed by atoms with Gasteiger partial charge in [-0.15, -0.1) is 0 Å². The summed E-state index contributed by atoms with van der Waals surface area (Å²) >= 11 is 0. The number of carbonyl (C=O) groups excluding carboxylic acids is 1. The van der Waals surface area contributed by atoms with Crippen molar-refractivity contribution in [1.29, 1.82) is 0 Å². The molecular formula is C18H18N4O. The van der Waals surface area contributed by atoms with Crippen LogP contribution < -0.4 is 0 Å². The summed E-state index contributed by atoms with van der Waals surface area (Å²) in [7, 11) is 0. The molecule has 3 aromatic rings. The van der Waals surface area contributed by atoms with Gasteiger partial charge in [0.25, 0.3) is 0 Å². The average molecular weight is 306 g/mol. The Morgan fingerprint density at radius 3 is 2.65 bits per heavy atom. The van der Waals surface area contributed by atoms with Crippen LogP contribution >= 0.6 is 0 Å². The van der Waals surface area contributed by atoms with E-state index >= 15 is 0 Å². The smallest absolute Gasteiger partial charge is 0.242 e. The molecule has 1 saturated heterocycles. The number of hydrogen-bond donors (Lipinski definition) is 0. The minimum atomic E-state index is 0.177. The van der Waals surface area contributed by atoms with Crippen LogP contribution in [0.5, 0.6) is 0 Å². The van der Waals surface area contributed by atoms with Crippen molar-refractivity contribution in [2.24, 2.45) is 0 Å². The molecule has 3 aromatic heterocycles. The number of carbonyl (C=O) groups is 1. The predicted octanol–water partition coefficient (Wildman–Crippen LogP) is 2.64. The third-order valence-electron chi connectivity index (χ3n) is 4.38. The number of hydrogen-bond acceptors (Lipinski definition) is 3. The maximum absolute atomic E-state index is 12.2. The Morgan fingerprint density at radius 1 is 1.13 bits per heavy atom. The number of rotatable bonds is 3. The van der Waals surface area contributed by atoms with Gasteiger partial charge in [0.2, 0.25) is 5.91 Å². The van der Waals surface area contributed by atoms with Crippen LogP contribution in [0.15, 0.2) is 42.9 Å². The number of aryl methyl sites for hydroxylation is 1. The largest absolute Gasteiger partial charge is 0.341 e. The lowest BCUT2D eigenvalue weighted by molar-refractivity contribution is -0.135. The van der Waals surface area contributed by atoms with E-state index in [1.165, 1.54) is 0 Å². The number of pyridine rings is 2. The van der Waals surface area contributed by atoms with Gasteiger partial charge in [0.1, 0.15) is 6.54 Å². The summed E-state index contributed by atoms with van der Waals surface area (Å²) in [6.45, 7) is 4.12. The maximum Gasteiger partial charge on any atom is 0.242 e. The van der Waals surface area contributed by atoms with Gasteiger partial charge in [0.05, 0.1) is 11.0 Å². The second-order valence-electron chi connectivity index (χ2n) is 5.99. The van der Waals surface area contributed by atoms with Crippen LogP contribution in [0.1, 0.15) is 12.1 Å². The lowest BCUT2D eigenvalue weighted by Gasteiger charge is -2.31. The molecule has 0 aliphatic carbocycles. The van der Waals surface area contributed by atoms with Gasteiger partial charge in [0, 0.05) is 48.5 Å². The van der Waals surface area contributed by atoms with Crippen molar-refractivity contribution in [3.05, 3.63) is 48.5 Å². The molecule has 5 nitrogen and oxygen atoms in total. The van der Waals surface area contributed by atoms with Crippen molar-refractivity contribution >= 4 is 16.9 Å². The summed E-state index contributed by atoms with van der Waals surface area (Å²) in [5.41, 5.74) is 4.93. The Kier molecular flexibility index (Phi) is 3.33. The fraction of sp³-hybridized carbons (Fsp3) is 0.278. The van der Waals surface area contributed by atoms with E-state index in [9.17, 15) is 4.79 Å². The Hall–Kier alpha value is -2.69. The van der Waals surface area contributed by atoms with Crippen LogP contribution in [0, 0.1) is 6.92 Å². The molecule has 0 atom stereocenters. The fourth-order valence-electron chi connectivity index (χ4n) is 2.81. The zero-order valence-corrected chi connectivity index (χ0v) is 13.1. The van der Waals surface area contributed by atoms with Crippen LogP contribution in [0.4, 0.5) is 0 Å². The molecule has 1 fully saturated rings. The zero-order chi connectivity index (χ0) is 15.8. The second kappa shape index (κ2) is 5.50. The van der Waals surface area contributed by atoms with Gasteiger partial charge in [-0.05, 0) is 31.5 Å². The standard InChI is InChI=1S/C18H18N4O/c1-13-3-4-14(10-19-13)15-9-17-16(20-11-15)5-8-22(17)12-18(23)21-6-2-7-21/h3-5,8-11H,2,6-7,12H2,1H3. The Labute approximate surface area is 134 Å². The summed E-state index contributed by atoms with van der Waals surface area (Å²) in [6, 6.07) is 8.07. The van der Waals surface area contributed by atoms with Crippen LogP contribution in [-0.4, -0.2) is 38.4 Å². The van der Waals surface area contributed by atoms with E-state index in [-0.39, 0.29) is 5.91 Å². The maximum atomic E-state index is 12.2. The number of likely N-dealkylation sites (tertiary alicyclic amines) is 1. The third-order valence-corrected chi connectivity index (χ3v) is 4.38. The van der Waals surface area contributed by atoms with Crippen LogP contribution in [-0.2, 0) is 11.3 Å². The number of amides is 1. The van der Waals surface area contributed by atoms with E-state index in [1.54, 1.807) is 0 Å². The molecule has 4 heterocycles. The summed E-state index contributed by atoms with van der Waals surface area (Å²) < 4.78 is 1.98. The van der Waals surface area contributed by atoms with Crippen LogP contribution in [0.2, 0.25) is 0 Å². The minimum Gasteiger partial charge on any atom is -0.341 e. The molecule has 0 unspecified atom stereocenters. The van der Waals surface area contributed by atoms with Gasteiger partial charge in [-0.1, -0.05) is 6.07 Å². The van der Waals surface area contributed by atoms with E-state index in [0.29, 0.717) is 6.54 Å². The number of nitrogens with zero attached hydrogens (tertiary/aromatic N) is 4. The van der Waals surface area contributed by atoms with Gasteiger partial charge in [-0.3, -0.25) is 14.8 Å². The zero-order valence-electron chi connectivity index (χ0n) is 13.1. The highest BCUT2D eigenvalue weighted by atomic mass is 16.2. The third kappa shape index (κ3) is 2.59. The van der Waals surface area contributed by atoms with Gasteiger partial charge in [-0.25, -0.2) is 0 Å². The van der Waals surface area contributed by atoms with Crippen molar-refractivity contribution in [3.8, 4) is 11.1 Å². The monoisotopic (exact) mass is 306 g/mol. The molecule has 1 aliphatic heterocycles. The quantitative estimate of drug-likeness (QED) is 0.747. The molecule has 0 spiro atoms. The topological polar surface area (TPSA) is 51.0 Å². The van der Waals surface area contributed by atoms with E-state index in [2.05, 4.69) is 16.0 Å². The first kappa shape index (κ1) is 13.9. The SMILES string of the molecule is Cc1ccc(-c2cnc3ccn(CC(=O)N4CCC4)c3c2)cn1. The van der Waals surface area contributed by atoms with Crippen molar-refractivity contribution < 1.29 is 4.79 Å². The highest BCUT2D eigenvalue weighted by Gasteiger charge is 2.20. The van der Waals surface area contributed by atoms with E-state index in [0.717, 1.165) is 47.4 Å². The Morgan fingerprint density at radius 2 is 1.96 bits per heavy atom. The molecule has 23 heavy (non-hydrogen) atoms. The number of fused-ring (bicyclic) bond motifs is 1. The minimum absolute atomic E-state index is 0.177. The van der Waals surface area contributed by atoms with Gasteiger partial charge < -0.3 is 9.47 Å². The highest BCUT2D eigenvalue weighted by molar-refractivity contribution is 5.84. The van der Waals surface area contributed by atoms with Crippen molar-refractivity contribution in [2.45, 2.75) is 19.9 Å². The molecule has 0 radical (unpaired) electrons. The molecule has 0 aromatic carbocycles. The van der Waals surface area contributed by atoms with E-state index < -0.39 is 0 Å². The first-order valence-corrected chi connectivity index (χ1v) is 7.86. The van der Waals surface area contributed by atoms with Gasteiger partial charge in [0.15, 0.2) is 0 Å². The molecular weight excluding hydrogens is 288 g/mol. The van der Waals surface area contributed by atoms with Crippen molar-refractivity contribution in [1.82, 2.24) is 19.4 Å². The molecule has 0 bridgehead atoms. The number of aromatic nitrogens is 3. The Balaban J connectivity index is 1.68. The summed E-state index contributed by atoms with van der Waals surface area (Å²) in [5.74, 6) is 0.177. The van der Waals surface area contributed by atoms with E-state index in [1.807, 2.05) is 53.2 Å². The normalized spacial score (nSPS) is 14.0. The van der Waals surface area contributed by atoms with E-state index in [4.69, 9.17) is 0 Å². The molecule has 4 rings (SSSR count). The van der Waals surface area contributed by atoms with Crippen LogP contribution in [0.25, 0.3) is 22.2 Å². The average Bonchev–Trinajstić information content (AvgIpc) is 2.88. The second-order valence-corrected chi connectivity index (χ2v) is 5.99. The van der Waals surface area contributed by atoms with Gasteiger partial charge in [-0.2, -0.15) is 0 Å². The lowest BCUT2D eigenvalue weighted by Crippen LogP contribution is -2.43. The lowest BCUT2D eigenvalue weighted by atomic mass is 10.1. The molecule has 1 amide bonds. The molecule has 116 valence electrons. The summed E-state index contributed by atoms with van der Waals surface area (Å²) in [4.78, 5) is 23.0. The first-order valence-electron chi connectivity index (χ1n) is 7.86. The molecule has 0 saturated carbocycles. The first-order chi connectivity index (χ1) is 11.2. The van der Waals surface area contributed by atoms with Crippen LogP contribution in [0.3, 0.4) is 0 Å². The molecule has 5 heteroatoms. The highest BCUT2D eigenvalue weighted by Crippen LogP contribution is 2.23. The fourth-order valence-corrected chi connectivity index (χ4v) is 2.81. The van der Waals surface area contributed by atoms with Crippen molar-refractivity contribution in [3.63, 3.8) is 0 Å². The van der Waals surface area contributed by atoms with Crippen molar-refractivity contribution in [2.75, 3.05) is 13.1 Å². The Bertz CT molecular complexity index is 862. The summed E-state index contributed by atoms with van der Waals surface area (Å²) in [6.07, 6.45) is 6.77. The summed E-state index contributed by atoms with van der Waals surface area (Å²) in [5, 5.41) is 0. The predicted molar refractivity (Wildman–Crippen MR) is 88.9 cm³/mol. The van der Waals surface area contributed by atoms with Gasteiger partial charge >= 0.3 is 0 Å².